The predicted octanol–water partition coefficient (Wildman–Crippen LogP) is -0.817. The van der Waals surface area contributed by atoms with Crippen molar-refractivity contribution in [1.29, 1.82) is 0 Å². The lowest BCUT2D eigenvalue weighted by atomic mass is 10.1. The molecule has 0 aromatic heterocycles. The fourth-order valence-electron chi connectivity index (χ4n) is 1.03. The molecule has 0 aromatic carbocycles. The molecule has 0 aliphatic rings. The molecule has 0 rings (SSSR count). The standard InChI is InChI=1S/C8H17NO4/c1-9-3-2-6(10)4-7(11)5-8(12)13/h6-7,9-11H,2-5H2,1H3,(H,12,13). The van der Waals surface area contributed by atoms with Gasteiger partial charge in [-0.15, -0.1) is 0 Å². The molecule has 0 spiro atoms. The van der Waals surface area contributed by atoms with Crippen LogP contribution in [0.2, 0.25) is 0 Å². The van der Waals surface area contributed by atoms with Gasteiger partial charge in [0.1, 0.15) is 0 Å². The first-order chi connectivity index (χ1) is 6.06. The van der Waals surface area contributed by atoms with Crippen molar-refractivity contribution in [3.8, 4) is 0 Å². The summed E-state index contributed by atoms with van der Waals surface area (Å²) in [5.41, 5.74) is 0. The Balaban J connectivity index is 3.52. The molecule has 0 radical (unpaired) electrons. The van der Waals surface area contributed by atoms with Crippen LogP contribution in [0, 0.1) is 0 Å². The molecule has 0 saturated carbocycles. The van der Waals surface area contributed by atoms with Crippen LogP contribution in [-0.2, 0) is 4.79 Å². The normalized spacial score (nSPS) is 15.3. The minimum Gasteiger partial charge on any atom is -0.481 e. The molecule has 0 amide bonds. The molecule has 0 aliphatic heterocycles. The lowest BCUT2D eigenvalue weighted by molar-refractivity contribution is -0.139. The number of carbonyl (C=O) groups is 1. The zero-order valence-corrected chi connectivity index (χ0v) is 7.73. The molecular formula is C8H17NO4. The quantitative estimate of drug-likeness (QED) is 0.422. The molecule has 2 atom stereocenters. The van der Waals surface area contributed by atoms with Crippen molar-refractivity contribution >= 4 is 5.97 Å². The first-order valence-electron chi connectivity index (χ1n) is 4.28. The molecule has 13 heavy (non-hydrogen) atoms. The third-order valence-corrected chi connectivity index (χ3v) is 1.68. The van der Waals surface area contributed by atoms with Crippen LogP contribution in [0.25, 0.3) is 0 Å². The molecule has 4 N–H and O–H groups in total. The summed E-state index contributed by atoms with van der Waals surface area (Å²) < 4.78 is 0. The summed E-state index contributed by atoms with van der Waals surface area (Å²) in [5.74, 6) is -1.05. The lowest BCUT2D eigenvalue weighted by Crippen LogP contribution is -2.23. The monoisotopic (exact) mass is 191 g/mol. The van der Waals surface area contributed by atoms with Crippen molar-refractivity contribution in [3.63, 3.8) is 0 Å². The molecule has 0 bridgehead atoms. The highest BCUT2D eigenvalue weighted by atomic mass is 16.4. The molecule has 0 saturated heterocycles. The van der Waals surface area contributed by atoms with Gasteiger partial charge >= 0.3 is 5.97 Å². The molecule has 0 heterocycles. The molecule has 78 valence electrons. The third kappa shape index (κ3) is 7.70. The number of aliphatic hydroxyl groups is 2. The molecule has 5 nitrogen and oxygen atoms in total. The highest BCUT2D eigenvalue weighted by molar-refractivity contribution is 5.67. The summed E-state index contributed by atoms with van der Waals surface area (Å²) in [5, 5.41) is 29.6. The third-order valence-electron chi connectivity index (χ3n) is 1.68. The molecule has 5 heteroatoms. The number of carboxylic acids is 1. The van der Waals surface area contributed by atoms with E-state index in [1.54, 1.807) is 7.05 Å². The van der Waals surface area contributed by atoms with Crippen molar-refractivity contribution < 1.29 is 20.1 Å². The van der Waals surface area contributed by atoms with E-state index in [-0.39, 0.29) is 12.8 Å². The Bertz CT molecular complexity index is 151. The van der Waals surface area contributed by atoms with E-state index >= 15 is 0 Å². The number of nitrogens with one attached hydrogen (secondary N) is 1. The Hall–Kier alpha value is -0.650. The SMILES string of the molecule is CNCCC(O)CC(O)CC(=O)O. The van der Waals surface area contributed by atoms with E-state index in [1.165, 1.54) is 0 Å². The summed E-state index contributed by atoms with van der Waals surface area (Å²) in [6, 6.07) is 0. The fourth-order valence-corrected chi connectivity index (χ4v) is 1.03. The van der Waals surface area contributed by atoms with Gasteiger partial charge in [0, 0.05) is 0 Å². The van der Waals surface area contributed by atoms with Crippen LogP contribution >= 0.6 is 0 Å². The van der Waals surface area contributed by atoms with Crippen LogP contribution in [0.5, 0.6) is 0 Å². The van der Waals surface area contributed by atoms with Crippen LogP contribution < -0.4 is 5.32 Å². The molecular weight excluding hydrogens is 174 g/mol. The average Bonchev–Trinajstić information content (AvgIpc) is 1.98. The van der Waals surface area contributed by atoms with Crippen LogP contribution in [0.4, 0.5) is 0 Å². The Kier molecular flexibility index (Phi) is 6.48. The largest absolute Gasteiger partial charge is 0.481 e. The van der Waals surface area contributed by atoms with Crippen LogP contribution in [0.15, 0.2) is 0 Å². The van der Waals surface area contributed by atoms with Crippen molar-refractivity contribution in [1.82, 2.24) is 5.32 Å². The Morgan fingerprint density at radius 1 is 1.38 bits per heavy atom. The summed E-state index contributed by atoms with van der Waals surface area (Å²) in [7, 11) is 1.76. The van der Waals surface area contributed by atoms with Gasteiger partial charge in [0.25, 0.3) is 0 Å². The van der Waals surface area contributed by atoms with Gasteiger partial charge in [-0.2, -0.15) is 0 Å². The number of aliphatic carboxylic acids is 1. The second-order valence-corrected chi connectivity index (χ2v) is 3.03. The lowest BCUT2D eigenvalue weighted by Gasteiger charge is -2.13. The topological polar surface area (TPSA) is 89.8 Å². The number of aliphatic hydroxyl groups excluding tert-OH is 2. The highest BCUT2D eigenvalue weighted by Gasteiger charge is 2.14. The number of hydrogen-bond donors (Lipinski definition) is 4. The van der Waals surface area contributed by atoms with Gasteiger partial charge in [0.05, 0.1) is 18.6 Å². The first-order valence-corrected chi connectivity index (χ1v) is 4.28. The van der Waals surface area contributed by atoms with E-state index < -0.39 is 18.2 Å². The fraction of sp³-hybridized carbons (Fsp3) is 0.875. The molecule has 0 fully saturated rings. The van der Waals surface area contributed by atoms with E-state index in [1.807, 2.05) is 0 Å². The van der Waals surface area contributed by atoms with Crippen LogP contribution in [0.1, 0.15) is 19.3 Å². The second-order valence-electron chi connectivity index (χ2n) is 3.03. The molecule has 0 aliphatic carbocycles. The van der Waals surface area contributed by atoms with E-state index in [4.69, 9.17) is 10.2 Å². The Morgan fingerprint density at radius 3 is 2.46 bits per heavy atom. The predicted molar refractivity (Wildman–Crippen MR) is 47.4 cm³/mol. The summed E-state index contributed by atoms with van der Waals surface area (Å²) in [6.07, 6.45) is -1.26. The number of rotatable bonds is 7. The van der Waals surface area contributed by atoms with Gasteiger partial charge in [-0.3, -0.25) is 4.79 Å². The minimum atomic E-state index is -1.05. The van der Waals surface area contributed by atoms with Gasteiger partial charge < -0.3 is 20.6 Å². The van der Waals surface area contributed by atoms with Crippen molar-refractivity contribution in [3.05, 3.63) is 0 Å². The van der Waals surface area contributed by atoms with E-state index in [2.05, 4.69) is 5.32 Å². The van der Waals surface area contributed by atoms with Crippen molar-refractivity contribution in [2.75, 3.05) is 13.6 Å². The minimum absolute atomic E-state index is 0.119. The van der Waals surface area contributed by atoms with Gasteiger partial charge in [-0.1, -0.05) is 0 Å². The second kappa shape index (κ2) is 6.82. The maximum atomic E-state index is 10.2. The maximum absolute atomic E-state index is 10.2. The van der Waals surface area contributed by atoms with Crippen LogP contribution in [-0.4, -0.2) is 47.1 Å². The average molecular weight is 191 g/mol. The van der Waals surface area contributed by atoms with Crippen molar-refractivity contribution in [2.45, 2.75) is 31.5 Å². The summed E-state index contributed by atoms with van der Waals surface area (Å²) in [4.78, 5) is 10.2. The smallest absolute Gasteiger partial charge is 0.305 e. The summed E-state index contributed by atoms with van der Waals surface area (Å²) >= 11 is 0. The number of hydrogen-bond acceptors (Lipinski definition) is 4. The van der Waals surface area contributed by atoms with E-state index in [9.17, 15) is 9.90 Å². The van der Waals surface area contributed by atoms with E-state index in [0.29, 0.717) is 13.0 Å². The van der Waals surface area contributed by atoms with Crippen LogP contribution in [0.3, 0.4) is 0 Å². The van der Waals surface area contributed by atoms with Gasteiger partial charge in [-0.25, -0.2) is 0 Å². The Labute approximate surface area is 77.4 Å². The maximum Gasteiger partial charge on any atom is 0.305 e. The number of carboxylic acid groups (broad SMARTS) is 1. The Morgan fingerprint density at radius 2 is 2.00 bits per heavy atom. The zero-order valence-electron chi connectivity index (χ0n) is 7.73. The first kappa shape index (κ1) is 12.3. The van der Waals surface area contributed by atoms with Gasteiger partial charge in [-0.05, 0) is 26.4 Å². The zero-order chi connectivity index (χ0) is 10.3. The van der Waals surface area contributed by atoms with Crippen molar-refractivity contribution in [2.24, 2.45) is 0 Å². The van der Waals surface area contributed by atoms with E-state index in [0.717, 1.165) is 0 Å². The summed E-state index contributed by atoms with van der Waals surface area (Å²) in [6.45, 7) is 0.654. The van der Waals surface area contributed by atoms with Gasteiger partial charge in [0.15, 0.2) is 0 Å². The highest BCUT2D eigenvalue weighted by Crippen LogP contribution is 2.05. The molecule has 0 aromatic rings. The van der Waals surface area contributed by atoms with Gasteiger partial charge in [0.2, 0.25) is 0 Å². The molecule has 2 unspecified atom stereocenters.